The minimum absolute atomic E-state index is 0.309. The molecule has 2 aromatic heterocycles. The fourth-order valence-corrected chi connectivity index (χ4v) is 3.40. The summed E-state index contributed by atoms with van der Waals surface area (Å²) in [7, 11) is 0. The van der Waals surface area contributed by atoms with Crippen LogP contribution in [-0.4, -0.2) is 11.0 Å². The Labute approximate surface area is 120 Å². The molecule has 0 saturated heterocycles. The number of aryl methyl sites for hydroxylation is 1. The van der Waals surface area contributed by atoms with Gasteiger partial charge in [0.1, 0.15) is 0 Å². The monoisotopic (exact) mass is 325 g/mol. The topological polar surface area (TPSA) is 50.9 Å². The van der Waals surface area contributed by atoms with Gasteiger partial charge in [-0.25, -0.2) is 0 Å². The number of hydrogen-bond donors (Lipinski definition) is 2. The third-order valence-corrected chi connectivity index (χ3v) is 4.49. The molecule has 0 saturated carbocycles. The molecule has 3 nitrogen and oxygen atoms in total. The van der Waals surface area contributed by atoms with Crippen molar-refractivity contribution in [3.63, 3.8) is 0 Å². The molecule has 0 aliphatic carbocycles. The van der Waals surface area contributed by atoms with E-state index in [9.17, 15) is 0 Å². The van der Waals surface area contributed by atoms with Crippen LogP contribution in [0.15, 0.2) is 40.4 Å². The van der Waals surface area contributed by atoms with E-state index in [2.05, 4.69) is 50.6 Å². The van der Waals surface area contributed by atoms with Crippen LogP contribution in [0.3, 0.4) is 0 Å². The van der Waals surface area contributed by atoms with Gasteiger partial charge in [-0.3, -0.25) is 16.3 Å². The first-order chi connectivity index (χ1) is 8.78. The summed E-state index contributed by atoms with van der Waals surface area (Å²) in [5.41, 5.74) is 4.21. The highest BCUT2D eigenvalue weighted by Gasteiger charge is 2.09. The summed E-state index contributed by atoms with van der Waals surface area (Å²) in [5.74, 6) is 5.62. The van der Waals surface area contributed by atoms with E-state index in [4.69, 9.17) is 5.84 Å². The van der Waals surface area contributed by atoms with Gasteiger partial charge in [-0.2, -0.15) is 0 Å². The Balaban J connectivity index is 1.86. The first-order valence-corrected chi connectivity index (χ1v) is 7.48. The Morgan fingerprint density at radius 3 is 2.67 bits per heavy atom. The van der Waals surface area contributed by atoms with Crippen LogP contribution in [0.1, 0.15) is 16.9 Å². The van der Waals surface area contributed by atoms with Gasteiger partial charge in [-0.15, -0.1) is 11.3 Å². The maximum absolute atomic E-state index is 5.62. The zero-order valence-electron chi connectivity index (χ0n) is 9.97. The number of hydrogen-bond acceptors (Lipinski definition) is 4. The van der Waals surface area contributed by atoms with E-state index >= 15 is 0 Å². The van der Waals surface area contributed by atoms with Crippen molar-refractivity contribution in [1.29, 1.82) is 0 Å². The van der Waals surface area contributed by atoms with Crippen molar-refractivity contribution in [2.75, 3.05) is 0 Å². The number of thiophene rings is 1. The molecule has 3 N–H and O–H groups in total. The first-order valence-electron chi connectivity index (χ1n) is 5.87. The standard InChI is InChI=1S/C13H16BrN3S/c14-13-4-3-12(18-13)9-11(17-15)2-1-10-5-7-16-8-6-10/h3-8,11,17H,1-2,9,15H2. The van der Waals surface area contributed by atoms with Crippen molar-refractivity contribution < 1.29 is 0 Å². The smallest absolute Gasteiger partial charge is 0.0701 e. The molecule has 0 aliphatic heterocycles. The molecule has 0 amide bonds. The Morgan fingerprint density at radius 2 is 2.06 bits per heavy atom. The Hall–Kier alpha value is -0.750. The summed E-state index contributed by atoms with van der Waals surface area (Å²) in [6.45, 7) is 0. The molecule has 0 spiro atoms. The lowest BCUT2D eigenvalue weighted by molar-refractivity contribution is 0.494. The molecule has 18 heavy (non-hydrogen) atoms. The summed E-state index contributed by atoms with van der Waals surface area (Å²) >= 11 is 5.24. The molecule has 96 valence electrons. The summed E-state index contributed by atoms with van der Waals surface area (Å²) in [6.07, 6.45) is 6.67. The second kappa shape index (κ2) is 6.99. The lowest BCUT2D eigenvalue weighted by atomic mass is 10.0. The summed E-state index contributed by atoms with van der Waals surface area (Å²) in [4.78, 5) is 5.37. The largest absolute Gasteiger partial charge is 0.271 e. The molecule has 0 bridgehead atoms. The predicted molar refractivity (Wildman–Crippen MR) is 79.4 cm³/mol. The van der Waals surface area contributed by atoms with Gasteiger partial charge < -0.3 is 0 Å². The predicted octanol–water partition coefficient (Wildman–Crippen LogP) is 2.91. The summed E-state index contributed by atoms with van der Waals surface area (Å²) in [6, 6.07) is 8.63. The number of hydrazine groups is 1. The van der Waals surface area contributed by atoms with Crippen LogP contribution in [-0.2, 0) is 12.8 Å². The third-order valence-electron chi connectivity index (χ3n) is 2.84. The van der Waals surface area contributed by atoms with Crippen molar-refractivity contribution in [3.05, 3.63) is 50.9 Å². The van der Waals surface area contributed by atoms with E-state index < -0.39 is 0 Å². The van der Waals surface area contributed by atoms with Crippen LogP contribution >= 0.6 is 27.3 Å². The number of rotatable bonds is 6. The number of nitrogens with zero attached hydrogens (tertiary/aromatic N) is 1. The molecule has 0 radical (unpaired) electrons. The van der Waals surface area contributed by atoms with E-state index in [1.165, 1.54) is 14.2 Å². The number of nitrogens with two attached hydrogens (primary N) is 1. The molecule has 2 rings (SSSR count). The van der Waals surface area contributed by atoms with Crippen molar-refractivity contribution in [1.82, 2.24) is 10.4 Å². The van der Waals surface area contributed by atoms with Gasteiger partial charge in [0.15, 0.2) is 0 Å². The lowest BCUT2D eigenvalue weighted by Gasteiger charge is -2.14. The number of halogens is 1. The van der Waals surface area contributed by atoms with Crippen LogP contribution in [0, 0.1) is 0 Å². The molecule has 0 aliphatic rings. The highest BCUT2D eigenvalue weighted by atomic mass is 79.9. The minimum Gasteiger partial charge on any atom is -0.271 e. The van der Waals surface area contributed by atoms with E-state index in [-0.39, 0.29) is 0 Å². The van der Waals surface area contributed by atoms with E-state index in [0.717, 1.165) is 19.3 Å². The van der Waals surface area contributed by atoms with Crippen molar-refractivity contribution in [2.45, 2.75) is 25.3 Å². The van der Waals surface area contributed by atoms with Crippen LogP contribution in [0.5, 0.6) is 0 Å². The van der Waals surface area contributed by atoms with Crippen molar-refractivity contribution in [3.8, 4) is 0 Å². The molecule has 2 heterocycles. The molecular weight excluding hydrogens is 310 g/mol. The Morgan fingerprint density at radius 1 is 1.28 bits per heavy atom. The van der Waals surface area contributed by atoms with Gasteiger partial charge in [0.2, 0.25) is 0 Å². The average Bonchev–Trinajstić information content (AvgIpc) is 2.81. The van der Waals surface area contributed by atoms with E-state index in [1.54, 1.807) is 11.3 Å². The maximum Gasteiger partial charge on any atom is 0.0701 e. The molecule has 1 unspecified atom stereocenters. The van der Waals surface area contributed by atoms with E-state index in [0.29, 0.717) is 6.04 Å². The SMILES string of the molecule is NNC(CCc1ccncc1)Cc1ccc(Br)s1. The average molecular weight is 326 g/mol. The second-order valence-corrected chi connectivity index (χ2v) is 6.72. The third kappa shape index (κ3) is 4.17. The minimum atomic E-state index is 0.309. The van der Waals surface area contributed by atoms with Crippen LogP contribution in [0.2, 0.25) is 0 Å². The molecule has 1 atom stereocenters. The normalized spacial score (nSPS) is 12.6. The second-order valence-electron chi connectivity index (χ2n) is 4.17. The van der Waals surface area contributed by atoms with Gasteiger partial charge in [0, 0.05) is 23.3 Å². The first kappa shape index (κ1) is 13.7. The maximum atomic E-state index is 5.62. The number of pyridine rings is 1. The molecule has 5 heteroatoms. The van der Waals surface area contributed by atoms with Gasteiger partial charge >= 0.3 is 0 Å². The zero-order chi connectivity index (χ0) is 12.8. The van der Waals surface area contributed by atoms with Gasteiger partial charge in [-0.1, -0.05) is 0 Å². The van der Waals surface area contributed by atoms with Crippen LogP contribution < -0.4 is 11.3 Å². The van der Waals surface area contributed by atoms with Gasteiger partial charge in [0.05, 0.1) is 3.79 Å². The lowest BCUT2D eigenvalue weighted by Crippen LogP contribution is -2.36. The van der Waals surface area contributed by atoms with Crippen LogP contribution in [0.4, 0.5) is 0 Å². The highest BCUT2D eigenvalue weighted by molar-refractivity contribution is 9.11. The summed E-state index contributed by atoms with van der Waals surface area (Å²) in [5, 5.41) is 0. The van der Waals surface area contributed by atoms with Crippen molar-refractivity contribution >= 4 is 27.3 Å². The van der Waals surface area contributed by atoms with Gasteiger partial charge in [-0.05, 0) is 65.0 Å². The molecule has 0 aromatic carbocycles. The quantitative estimate of drug-likeness (QED) is 0.634. The fourth-order valence-electron chi connectivity index (χ4n) is 1.84. The zero-order valence-corrected chi connectivity index (χ0v) is 12.4. The van der Waals surface area contributed by atoms with Crippen LogP contribution in [0.25, 0.3) is 0 Å². The fraction of sp³-hybridized carbons (Fsp3) is 0.308. The Bertz CT molecular complexity index is 472. The number of aromatic nitrogens is 1. The van der Waals surface area contributed by atoms with Gasteiger partial charge in [0.25, 0.3) is 0 Å². The molecular formula is C13H16BrN3S. The van der Waals surface area contributed by atoms with Crippen molar-refractivity contribution in [2.24, 2.45) is 5.84 Å². The molecule has 2 aromatic rings. The number of nitrogens with one attached hydrogen (secondary N) is 1. The highest BCUT2D eigenvalue weighted by Crippen LogP contribution is 2.23. The summed E-state index contributed by atoms with van der Waals surface area (Å²) < 4.78 is 1.17. The Kier molecular flexibility index (Phi) is 5.31. The van der Waals surface area contributed by atoms with E-state index in [1.807, 2.05) is 12.4 Å². The molecule has 0 fully saturated rings.